The lowest BCUT2D eigenvalue weighted by atomic mass is 10.1. The van der Waals surface area contributed by atoms with Gasteiger partial charge >= 0.3 is 5.97 Å². The van der Waals surface area contributed by atoms with Crippen LogP contribution in [0.15, 0.2) is 45.3 Å². The van der Waals surface area contributed by atoms with Gasteiger partial charge < -0.3 is 24.1 Å². The zero-order valence-corrected chi connectivity index (χ0v) is 18.6. The Morgan fingerprint density at radius 1 is 1.14 bits per heavy atom. The number of para-hydroxylation sites is 1. The number of carbonyl (C=O) groups excluding carboxylic acids is 1. The second-order valence-corrected chi connectivity index (χ2v) is 7.90. The third-order valence-corrected chi connectivity index (χ3v) is 5.37. The van der Waals surface area contributed by atoms with Crippen LogP contribution in [0.25, 0.3) is 10.8 Å². The lowest BCUT2D eigenvalue weighted by molar-refractivity contribution is 0.0523. The van der Waals surface area contributed by atoms with Crippen LogP contribution in [0.4, 0.5) is 5.69 Å². The van der Waals surface area contributed by atoms with E-state index in [0.717, 1.165) is 22.2 Å². The maximum Gasteiger partial charge on any atom is 0.341 e. The molecule has 0 fully saturated rings. The van der Waals surface area contributed by atoms with Crippen molar-refractivity contribution < 1.29 is 19.1 Å². The van der Waals surface area contributed by atoms with E-state index in [1.54, 1.807) is 13.0 Å². The summed E-state index contributed by atoms with van der Waals surface area (Å²) < 4.78 is 11.7. The van der Waals surface area contributed by atoms with Crippen LogP contribution in [0.1, 0.15) is 28.8 Å². The summed E-state index contributed by atoms with van der Waals surface area (Å²) in [5.74, 6) is 0.734. The first-order valence-corrected chi connectivity index (χ1v) is 10.2. The molecule has 7 heteroatoms. The van der Waals surface area contributed by atoms with Gasteiger partial charge in [-0.3, -0.25) is 0 Å². The first kappa shape index (κ1) is 21.2. The standard InChI is InChI=1S/C22H25BrN2O4/c1-5-28-22(27)16-11-15-17(12-24(2)3)29-18(19(15)20(23)21(16)26)13-25(4)14-9-7-6-8-10-14/h6-11,26H,5,12-13H2,1-4H3. The van der Waals surface area contributed by atoms with E-state index in [0.29, 0.717) is 23.3 Å². The average Bonchev–Trinajstić information content (AvgIpc) is 3.01. The summed E-state index contributed by atoms with van der Waals surface area (Å²) in [7, 11) is 5.88. The minimum Gasteiger partial charge on any atom is -0.506 e. The van der Waals surface area contributed by atoms with Crippen molar-refractivity contribution in [3.8, 4) is 5.75 Å². The van der Waals surface area contributed by atoms with Crippen LogP contribution in [-0.2, 0) is 17.8 Å². The van der Waals surface area contributed by atoms with Crippen LogP contribution < -0.4 is 4.90 Å². The van der Waals surface area contributed by atoms with Crippen molar-refractivity contribution in [2.24, 2.45) is 0 Å². The number of aromatic hydroxyl groups is 1. The molecule has 6 nitrogen and oxygen atoms in total. The van der Waals surface area contributed by atoms with Crippen molar-refractivity contribution in [3.05, 3.63) is 58.0 Å². The van der Waals surface area contributed by atoms with E-state index in [-0.39, 0.29) is 17.9 Å². The summed E-state index contributed by atoms with van der Waals surface area (Å²) in [6, 6.07) is 11.6. The number of benzene rings is 2. The molecule has 1 heterocycles. The molecule has 0 aliphatic rings. The van der Waals surface area contributed by atoms with E-state index in [1.165, 1.54) is 0 Å². The third-order valence-electron chi connectivity index (χ3n) is 4.60. The summed E-state index contributed by atoms with van der Waals surface area (Å²) in [6.07, 6.45) is 0. The molecule has 0 saturated carbocycles. The maximum absolute atomic E-state index is 12.3. The molecular weight excluding hydrogens is 436 g/mol. The predicted molar refractivity (Wildman–Crippen MR) is 117 cm³/mol. The van der Waals surface area contributed by atoms with Gasteiger partial charge in [-0.05, 0) is 55.1 Å². The molecule has 0 unspecified atom stereocenters. The first-order chi connectivity index (χ1) is 13.8. The van der Waals surface area contributed by atoms with Crippen LogP contribution in [0.5, 0.6) is 5.75 Å². The largest absolute Gasteiger partial charge is 0.506 e. The maximum atomic E-state index is 12.3. The Hall–Kier alpha value is -2.51. The summed E-state index contributed by atoms with van der Waals surface area (Å²) >= 11 is 3.48. The van der Waals surface area contributed by atoms with Gasteiger partial charge in [0.05, 0.1) is 24.2 Å². The molecule has 0 aliphatic heterocycles. The third kappa shape index (κ3) is 4.41. The Labute approximate surface area is 178 Å². The predicted octanol–water partition coefficient (Wildman–Crippen LogP) is 4.78. The number of rotatable bonds is 7. The van der Waals surface area contributed by atoms with E-state index in [4.69, 9.17) is 9.15 Å². The van der Waals surface area contributed by atoms with Gasteiger partial charge in [-0.25, -0.2) is 4.79 Å². The van der Waals surface area contributed by atoms with Gasteiger partial charge in [0.25, 0.3) is 0 Å². The van der Waals surface area contributed by atoms with Crippen LogP contribution in [0.2, 0.25) is 0 Å². The first-order valence-electron chi connectivity index (χ1n) is 9.37. The number of hydrogen-bond donors (Lipinski definition) is 1. The normalized spacial score (nSPS) is 11.2. The van der Waals surface area contributed by atoms with E-state index < -0.39 is 5.97 Å². The SMILES string of the molecule is CCOC(=O)c1cc2c(CN(C)C)oc(CN(C)c3ccccc3)c2c(Br)c1O. The molecule has 0 bridgehead atoms. The Morgan fingerprint density at radius 3 is 2.45 bits per heavy atom. The molecular formula is C22H25BrN2O4. The minimum absolute atomic E-state index is 0.120. The van der Waals surface area contributed by atoms with Gasteiger partial charge in [0.15, 0.2) is 0 Å². The molecule has 0 atom stereocenters. The zero-order chi connectivity index (χ0) is 21.1. The number of furan rings is 1. The molecule has 3 aromatic rings. The quantitative estimate of drug-likeness (QED) is 0.511. The van der Waals surface area contributed by atoms with E-state index in [1.807, 2.05) is 56.4 Å². The fraction of sp³-hybridized carbons (Fsp3) is 0.318. The molecule has 154 valence electrons. The number of hydrogen-bond acceptors (Lipinski definition) is 6. The molecule has 0 aliphatic carbocycles. The van der Waals surface area contributed by atoms with Gasteiger partial charge in [0.1, 0.15) is 22.8 Å². The Balaban J connectivity index is 2.13. The number of carbonyl (C=O) groups is 1. The highest BCUT2D eigenvalue weighted by atomic mass is 79.9. The lowest BCUT2D eigenvalue weighted by Crippen LogP contribution is -2.16. The second-order valence-electron chi connectivity index (χ2n) is 7.11. The summed E-state index contributed by atoms with van der Waals surface area (Å²) in [4.78, 5) is 16.4. The van der Waals surface area contributed by atoms with Gasteiger partial charge in [-0.15, -0.1) is 0 Å². The number of phenols is 1. The Bertz CT molecular complexity index is 1010. The average molecular weight is 461 g/mol. The van der Waals surface area contributed by atoms with Gasteiger partial charge in [0, 0.05) is 23.5 Å². The van der Waals surface area contributed by atoms with Gasteiger partial charge in [-0.1, -0.05) is 18.2 Å². The van der Waals surface area contributed by atoms with Gasteiger partial charge in [0.2, 0.25) is 0 Å². The topological polar surface area (TPSA) is 66.2 Å². The molecule has 0 radical (unpaired) electrons. The molecule has 0 amide bonds. The van der Waals surface area contributed by atoms with Crippen molar-refractivity contribution in [1.29, 1.82) is 0 Å². The van der Waals surface area contributed by atoms with Crippen LogP contribution in [-0.4, -0.2) is 43.7 Å². The van der Waals surface area contributed by atoms with Gasteiger partial charge in [-0.2, -0.15) is 0 Å². The fourth-order valence-electron chi connectivity index (χ4n) is 3.26. The molecule has 3 rings (SSSR count). The fourth-order valence-corrected chi connectivity index (χ4v) is 3.90. The van der Waals surface area contributed by atoms with Crippen molar-refractivity contribution >= 4 is 38.4 Å². The van der Waals surface area contributed by atoms with Crippen LogP contribution in [0.3, 0.4) is 0 Å². The molecule has 1 aromatic heterocycles. The smallest absolute Gasteiger partial charge is 0.341 e. The number of fused-ring (bicyclic) bond motifs is 1. The Morgan fingerprint density at radius 2 is 1.83 bits per heavy atom. The highest BCUT2D eigenvalue weighted by Crippen LogP contribution is 2.41. The Kier molecular flexibility index (Phi) is 6.49. The van der Waals surface area contributed by atoms with Crippen LogP contribution in [0, 0.1) is 0 Å². The number of nitrogens with zero attached hydrogens (tertiary/aromatic N) is 2. The molecule has 0 spiro atoms. The van der Waals surface area contributed by atoms with Crippen molar-refractivity contribution in [2.45, 2.75) is 20.0 Å². The second kappa shape index (κ2) is 8.88. The highest BCUT2D eigenvalue weighted by molar-refractivity contribution is 9.10. The number of phenolic OH excluding ortho intramolecular Hbond substituents is 1. The molecule has 1 N–H and O–H groups in total. The zero-order valence-electron chi connectivity index (χ0n) is 17.0. The summed E-state index contributed by atoms with van der Waals surface area (Å²) in [5, 5.41) is 12.2. The highest BCUT2D eigenvalue weighted by Gasteiger charge is 2.25. The minimum atomic E-state index is -0.562. The van der Waals surface area contributed by atoms with Crippen molar-refractivity contribution in [1.82, 2.24) is 4.90 Å². The summed E-state index contributed by atoms with van der Waals surface area (Å²) in [5.41, 5.74) is 1.17. The number of halogens is 1. The van der Waals surface area contributed by atoms with Crippen LogP contribution >= 0.6 is 15.9 Å². The van der Waals surface area contributed by atoms with E-state index >= 15 is 0 Å². The summed E-state index contributed by atoms with van der Waals surface area (Å²) in [6.45, 7) is 3.03. The lowest BCUT2D eigenvalue weighted by Gasteiger charge is -2.18. The molecule has 0 saturated heterocycles. The number of esters is 1. The number of anilines is 1. The number of ether oxygens (including phenoxy) is 1. The molecule has 29 heavy (non-hydrogen) atoms. The van der Waals surface area contributed by atoms with E-state index in [2.05, 4.69) is 20.8 Å². The van der Waals surface area contributed by atoms with Crippen molar-refractivity contribution in [2.75, 3.05) is 32.6 Å². The molecule has 2 aromatic carbocycles. The van der Waals surface area contributed by atoms with Crippen molar-refractivity contribution in [3.63, 3.8) is 0 Å². The monoisotopic (exact) mass is 460 g/mol. The van der Waals surface area contributed by atoms with E-state index in [9.17, 15) is 9.90 Å².